The Balaban J connectivity index is 0.00000208. The highest BCUT2D eigenvalue weighted by atomic mass is 127. The summed E-state index contributed by atoms with van der Waals surface area (Å²) in [6.45, 7) is 1.01. The average Bonchev–Trinajstić information content (AvgIpc) is 3.14. The van der Waals surface area contributed by atoms with Crippen LogP contribution in [0.2, 0.25) is 0 Å². The predicted molar refractivity (Wildman–Crippen MR) is 108 cm³/mol. The summed E-state index contributed by atoms with van der Waals surface area (Å²) in [6, 6.07) is 7.97. The SMILES string of the molecule is I.NC(=NCc1cccc(N2CCCS2(=O)=O)c1)NC1CCCC1. The summed E-state index contributed by atoms with van der Waals surface area (Å²) in [6.07, 6.45) is 5.48. The molecule has 0 aromatic heterocycles. The molecule has 2 aliphatic rings. The minimum atomic E-state index is -3.14. The van der Waals surface area contributed by atoms with E-state index in [0.29, 0.717) is 31.5 Å². The molecule has 2 fully saturated rings. The van der Waals surface area contributed by atoms with Gasteiger partial charge in [-0.05, 0) is 37.0 Å². The number of hydrogen-bond donors (Lipinski definition) is 2. The van der Waals surface area contributed by atoms with Gasteiger partial charge < -0.3 is 11.1 Å². The number of sulfonamides is 1. The Morgan fingerprint density at radius 1 is 1.29 bits per heavy atom. The third-order valence-corrected chi connectivity index (χ3v) is 6.31. The Kier molecular flexibility index (Phi) is 6.73. The molecule has 1 aromatic carbocycles. The molecule has 8 heteroatoms. The summed E-state index contributed by atoms with van der Waals surface area (Å²) >= 11 is 0. The third-order valence-electron chi connectivity index (χ3n) is 4.44. The molecule has 0 radical (unpaired) electrons. The maximum atomic E-state index is 12.0. The van der Waals surface area contributed by atoms with Crippen LogP contribution in [-0.2, 0) is 16.6 Å². The number of guanidine groups is 1. The lowest BCUT2D eigenvalue weighted by molar-refractivity contribution is 0.599. The molecule has 6 nitrogen and oxygen atoms in total. The molecule has 1 aromatic rings. The molecule has 1 saturated carbocycles. The molecule has 24 heavy (non-hydrogen) atoms. The van der Waals surface area contributed by atoms with Gasteiger partial charge in [0.1, 0.15) is 0 Å². The van der Waals surface area contributed by atoms with E-state index in [4.69, 9.17) is 5.73 Å². The van der Waals surface area contributed by atoms with Gasteiger partial charge in [-0.25, -0.2) is 13.4 Å². The van der Waals surface area contributed by atoms with E-state index in [9.17, 15) is 8.42 Å². The minimum absolute atomic E-state index is 0. The number of benzene rings is 1. The standard InChI is InChI=1S/C16H24N4O2S.HI/c17-16(19-14-6-1-2-7-14)18-12-13-5-3-8-15(11-13)20-9-4-10-23(20,21)22;/h3,5,8,11,14H,1-2,4,6-7,9-10,12H2,(H3,17,18,19);1H. The van der Waals surface area contributed by atoms with Crippen molar-refractivity contribution in [2.45, 2.75) is 44.7 Å². The summed E-state index contributed by atoms with van der Waals surface area (Å²) in [5, 5.41) is 3.25. The van der Waals surface area contributed by atoms with Gasteiger partial charge in [0.2, 0.25) is 10.0 Å². The second-order valence-electron chi connectivity index (χ2n) is 6.24. The van der Waals surface area contributed by atoms with Crippen molar-refractivity contribution >= 4 is 45.6 Å². The number of hydrogen-bond acceptors (Lipinski definition) is 3. The number of rotatable bonds is 4. The lowest BCUT2D eigenvalue weighted by atomic mass is 10.2. The number of halogens is 1. The van der Waals surface area contributed by atoms with Crippen molar-refractivity contribution in [1.82, 2.24) is 5.32 Å². The van der Waals surface area contributed by atoms with Gasteiger partial charge in [-0.3, -0.25) is 4.31 Å². The van der Waals surface area contributed by atoms with Crippen LogP contribution in [-0.4, -0.2) is 32.7 Å². The van der Waals surface area contributed by atoms with E-state index in [0.717, 1.165) is 24.1 Å². The van der Waals surface area contributed by atoms with Crippen molar-refractivity contribution in [1.29, 1.82) is 0 Å². The zero-order valence-electron chi connectivity index (χ0n) is 13.6. The zero-order valence-corrected chi connectivity index (χ0v) is 16.8. The predicted octanol–water partition coefficient (Wildman–Crippen LogP) is 2.19. The van der Waals surface area contributed by atoms with Crippen molar-refractivity contribution < 1.29 is 8.42 Å². The Hall–Kier alpha value is -1.03. The first kappa shape index (κ1) is 19.3. The largest absolute Gasteiger partial charge is 0.370 e. The summed E-state index contributed by atoms with van der Waals surface area (Å²) in [4.78, 5) is 4.38. The van der Waals surface area contributed by atoms with Gasteiger partial charge in [-0.15, -0.1) is 24.0 Å². The van der Waals surface area contributed by atoms with Crippen molar-refractivity contribution in [3.8, 4) is 0 Å². The normalized spacial score (nSPS) is 20.8. The van der Waals surface area contributed by atoms with Crippen molar-refractivity contribution in [2.75, 3.05) is 16.6 Å². The summed E-state index contributed by atoms with van der Waals surface area (Å²) in [5.74, 6) is 0.698. The molecule has 1 heterocycles. The molecule has 0 spiro atoms. The second-order valence-corrected chi connectivity index (χ2v) is 8.25. The second kappa shape index (κ2) is 8.37. The maximum Gasteiger partial charge on any atom is 0.235 e. The monoisotopic (exact) mass is 464 g/mol. The first-order valence-corrected chi connectivity index (χ1v) is 9.81. The summed E-state index contributed by atoms with van der Waals surface area (Å²) in [5.41, 5.74) is 7.62. The molecule has 0 unspecified atom stereocenters. The van der Waals surface area contributed by atoms with Crippen LogP contribution in [0, 0.1) is 0 Å². The molecule has 3 rings (SSSR count). The molecule has 134 valence electrons. The Morgan fingerprint density at radius 3 is 2.71 bits per heavy atom. The number of nitrogens with zero attached hydrogens (tertiary/aromatic N) is 2. The van der Waals surface area contributed by atoms with Crippen LogP contribution in [0.25, 0.3) is 0 Å². The number of nitrogens with two attached hydrogens (primary N) is 1. The van der Waals surface area contributed by atoms with E-state index in [1.807, 2.05) is 24.3 Å². The third kappa shape index (κ3) is 4.75. The van der Waals surface area contributed by atoms with Crippen LogP contribution >= 0.6 is 24.0 Å². The minimum Gasteiger partial charge on any atom is -0.370 e. The first-order valence-electron chi connectivity index (χ1n) is 8.20. The molecular formula is C16H25IN4O2S. The fourth-order valence-corrected chi connectivity index (χ4v) is 4.80. The molecule has 0 bridgehead atoms. The van der Waals surface area contributed by atoms with Gasteiger partial charge in [-0.2, -0.15) is 0 Å². The van der Waals surface area contributed by atoms with Gasteiger partial charge >= 0.3 is 0 Å². The molecule has 1 aliphatic heterocycles. The Bertz CT molecular complexity index is 687. The first-order chi connectivity index (χ1) is 11.0. The fraction of sp³-hybridized carbons (Fsp3) is 0.562. The van der Waals surface area contributed by atoms with Crippen molar-refractivity contribution in [3.63, 3.8) is 0 Å². The summed E-state index contributed by atoms with van der Waals surface area (Å²) < 4.78 is 25.5. The van der Waals surface area contributed by atoms with E-state index in [1.165, 1.54) is 17.1 Å². The van der Waals surface area contributed by atoms with Crippen LogP contribution in [0.3, 0.4) is 0 Å². The molecule has 0 atom stereocenters. The zero-order chi connectivity index (χ0) is 16.3. The van der Waals surface area contributed by atoms with Crippen molar-refractivity contribution in [2.24, 2.45) is 10.7 Å². The highest BCUT2D eigenvalue weighted by molar-refractivity contribution is 14.0. The summed E-state index contributed by atoms with van der Waals surface area (Å²) in [7, 11) is -3.14. The van der Waals surface area contributed by atoms with Crippen LogP contribution in [0.15, 0.2) is 29.3 Å². The van der Waals surface area contributed by atoms with Crippen molar-refractivity contribution in [3.05, 3.63) is 29.8 Å². The lowest BCUT2D eigenvalue weighted by Crippen LogP contribution is -2.38. The van der Waals surface area contributed by atoms with Gasteiger partial charge in [0.25, 0.3) is 0 Å². The van der Waals surface area contributed by atoms with E-state index in [1.54, 1.807) is 0 Å². The lowest BCUT2D eigenvalue weighted by Gasteiger charge is -2.17. The highest BCUT2D eigenvalue weighted by Crippen LogP contribution is 2.25. The number of nitrogens with one attached hydrogen (secondary N) is 1. The quantitative estimate of drug-likeness (QED) is 0.406. The highest BCUT2D eigenvalue weighted by Gasteiger charge is 2.28. The van der Waals surface area contributed by atoms with Gasteiger partial charge in [0.05, 0.1) is 18.0 Å². The molecule has 3 N–H and O–H groups in total. The van der Waals surface area contributed by atoms with Crippen LogP contribution in [0.4, 0.5) is 5.69 Å². The van der Waals surface area contributed by atoms with E-state index < -0.39 is 10.0 Å². The maximum absolute atomic E-state index is 12.0. The Morgan fingerprint density at radius 2 is 2.04 bits per heavy atom. The van der Waals surface area contributed by atoms with Crippen LogP contribution in [0.1, 0.15) is 37.7 Å². The smallest absolute Gasteiger partial charge is 0.235 e. The van der Waals surface area contributed by atoms with Crippen LogP contribution in [0.5, 0.6) is 0 Å². The topological polar surface area (TPSA) is 87.8 Å². The van der Waals surface area contributed by atoms with Gasteiger partial charge in [-0.1, -0.05) is 25.0 Å². The van der Waals surface area contributed by atoms with E-state index in [-0.39, 0.29) is 29.7 Å². The van der Waals surface area contributed by atoms with Gasteiger partial charge in [0.15, 0.2) is 5.96 Å². The van der Waals surface area contributed by atoms with E-state index >= 15 is 0 Å². The number of aliphatic imine (C=N–C) groups is 1. The fourth-order valence-electron chi connectivity index (χ4n) is 3.24. The molecule has 1 aliphatic carbocycles. The van der Waals surface area contributed by atoms with E-state index in [2.05, 4.69) is 10.3 Å². The van der Waals surface area contributed by atoms with Gasteiger partial charge in [0, 0.05) is 12.6 Å². The Labute approximate surface area is 161 Å². The number of anilines is 1. The van der Waals surface area contributed by atoms with Crippen LogP contribution < -0.4 is 15.4 Å². The molecular weight excluding hydrogens is 439 g/mol. The molecule has 1 saturated heterocycles. The molecule has 0 amide bonds. The average molecular weight is 464 g/mol.